The van der Waals surface area contributed by atoms with E-state index in [1.165, 1.54) is 44.7 Å². The van der Waals surface area contributed by atoms with Gasteiger partial charge in [-0.15, -0.1) is 0 Å². The van der Waals surface area contributed by atoms with Gasteiger partial charge in [0.15, 0.2) is 17.3 Å². The SMILES string of the molecule is COc1cc(NC(=O)c2ccco2)c(C(=O)OCc2nc3cc(Cl)ccc3c(=O)[nH]2)cc1OC. The second-order valence-corrected chi connectivity index (χ2v) is 7.37. The van der Waals surface area contributed by atoms with Crippen molar-refractivity contribution in [3.05, 3.63) is 81.3 Å². The number of anilines is 1. The molecule has 0 aliphatic heterocycles. The summed E-state index contributed by atoms with van der Waals surface area (Å²) in [5, 5.41) is 3.36. The number of benzene rings is 2. The number of nitrogens with zero attached hydrogens (tertiary/aromatic N) is 1. The summed E-state index contributed by atoms with van der Waals surface area (Å²) in [4.78, 5) is 44.6. The Morgan fingerprint density at radius 3 is 2.59 bits per heavy atom. The van der Waals surface area contributed by atoms with E-state index >= 15 is 0 Å². The molecule has 34 heavy (non-hydrogen) atoms. The largest absolute Gasteiger partial charge is 0.493 e. The lowest BCUT2D eigenvalue weighted by Gasteiger charge is -2.15. The second-order valence-electron chi connectivity index (χ2n) is 6.93. The van der Waals surface area contributed by atoms with E-state index in [-0.39, 0.29) is 40.9 Å². The maximum absolute atomic E-state index is 12.9. The van der Waals surface area contributed by atoms with Crippen LogP contribution in [-0.4, -0.2) is 36.1 Å². The molecule has 1 amide bonds. The molecule has 2 aromatic heterocycles. The van der Waals surface area contributed by atoms with Crippen LogP contribution in [0.2, 0.25) is 5.02 Å². The summed E-state index contributed by atoms with van der Waals surface area (Å²) in [7, 11) is 2.82. The van der Waals surface area contributed by atoms with E-state index < -0.39 is 17.4 Å². The zero-order chi connectivity index (χ0) is 24.2. The highest BCUT2D eigenvalue weighted by atomic mass is 35.5. The fourth-order valence-electron chi connectivity index (χ4n) is 3.18. The van der Waals surface area contributed by atoms with Gasteiger partial charge in [0.05, 0.1) is 42.6 Å². The summed E-state index contributed by atoms with van der Waals surface area (Å²) in [6, 6.07) is 10.5. The summed E-state index contributed by atoms with van der Waals surface area (Å²) >= 11 is 5.98. The van der Waals surface area contributed by atoms with E-state index in [1.807, 2.05) is 0 Å². The number of nitrogens with one attached hydrogen (secondary N) is 2. The lowest BCUT2D eigenvalue weighted by Crippen LogP contribution is -2.17. The molecule has 2 N–H and O–H groups in total. The molecule has 0 unspecified atom stereocenters. The first-order valence-electron chi connectivity index (χ1n) is 9.86. The average Bonchev–Trinajstić information content (AvgIpc) is 3.37. The Bertz CT molecular complexity index is 1430. The molecule has 4 aromatic rings. The van der Waals surface area contributed by atoms with Crippen molar-refractivity contribution in [1.82, 2.24) is 9.97 Å². The molecule has 4 rings (SSSR count). The van der Waals surface area contributed by atoms with Crippen molar-refractivity contribution in [1.29, 1.82) is 0 Å². The van der Waals surface area contributed by atoms with Gasteiger partial charge < -0.3 is 28.9 Å². The quantitative estimate of drug-likeness (QED) is 0.379. The average molecular weight is 484 g/mol. The number of furan rings is 1. The molecule has 11 heteroatoms. The molecular weight excluding hydrogens is 466 g/mol. The number of hydrogen-bond donors (Lipinski definition) is 2. The van der Waals surface area contributed by atoms with Crippen LogP contribution in [0.25, 0.3) is 10.9 Å². The van der Waals surface area contributed by atoms with Crippen molar-refractivity contribution >= 4 is 40.1 Å². The van der Waals surface area contributed by atoms with Crippen LogP contribution in [0.1, 0.15) is 26.7 Å². The normalized spacial score (nSPS) is 10.7. The van der Waals surface area contributed by atoms with Crippen molar-refractivity contribution in [2.24, 2.45) is 0 Å². The van der Waals surface area contributed by atoms with E-state index in [4.69, 9.17) is 30.2 Å². The molecule has 2 aromatic carbocycles. The van der Waals surface area contributed by atoms with Crippen LogP contribution in [0.4, 0.5) is 5.69 Å². The first-order valence-corrected chi connectivity index (χ1v) is 10.2. The highest BCUT2D eigenvalue weighted by molar-refractivity contribution is 6.31. The molecule has 10 nitrogen and oxygen atoms in total. The van der Waals surface area contributed by atoms with Crippen LogP contribution in [0.5, 0.6) is 11.5 Å². The van der Waals surface area contributed by atoms with Gasteiger partial charge in [-0.2, -0.15) is 0 Å². The molecule has 2 heterocycles. The van der Waals surface area contributed by atoms with Gasteiger partial charge in [0.2, 0.25) is 0 Å². The molecule has 0 saturated heterocycles. The maximum Gasteiger partial charge on any atom is 0.340 e. The Morgan fingerprint density at radius 1 is 1.12 bits per heavy atom. The van der Waals surface area contributed by atoms with E-state index in [2.05, 4.69) is 15.3 Å². The van der Waals surface area contributed by atoms with Crippen molar-refractivity contribution < 1.29 is 28.2 Å². The van der Waals surface area contributed by atoms with Gasteiger partial charge in [-0.1, -0.05) is 11.6 Å². The number of H-pyrrole nitrogens is 1. The molecule has 0 aliphatic carbocycles. The minimum Gasteiger partial charge on any atom is -0.493 e. The highest BCUT2D eigenvalue weighted by Crippen LogP contribution is 2.34. The van der Waals surface area contributed by atoms with Crippen LogP contribution in [-0.2, 0) is 11.3 Å². The van der Waals surface area contributed by atoms with Crippen molar-refractivity contribution in [2.45, 2.75) is 6.61 Å². The second kappa shape index (κ2) is 9.67. The summed E-state index contributed by atoms with van der Waals surface area (Å²) in [6.07, 6.45) is 1.35. The molecule has 0 aliphatic rings. The summed E-state index contributed by atoms with van der Waals surface area (Å²) in [5.74, 6) is -0.683. The maximum atomic E-state index is 12.9. The van der Waals surface area contributed by atoms with Crippen molar-refractivity contribution in [2.75, 3.05) is 19.5 Å². The Balaban J connectivity index is 1.62. The summed E-state index contributed by atoms with van der Waals surface area (Å²) < 4.78 is 21.0. The third-order valence-electron chi connectivity index (χ3n) is 4.79. The number of esters is 1. The van der Waals surface area contributed by atoms with Crippen LogP contribution in [0.15, 0.2) is 57.9 Å². The number of ether oxygens (including phenoxy) is 3. The van der Waals surface area contributed by atoms with Gasteiger partial charge in [0.1, 0.15) is 12.4 Å². The molecule has 0 spiro atoms. The van der Waals surface area contributed by atoms with Crippen LogP contribution < -0.4 is 20.3 Å². The Labute approximate surface area is 197 Å². The minimum absolute atomic E-state index is 0.0104. The molecule has 0 radical (unpaired) electrons. The zero-order valence-electron chi connectivity index (χ0n) is 18.0. The van der Waals surface area contributed by atoms with E-state index in [0.717, 1.165) is 0 Å². The van der Waals surface area contributed by atoms with Gasteiger partial charge >= 0.3 is 5.97 Å². The highest BCUT2D eigenvalue weighted by Gasteiger charge is 2.21. The van der Waals surface area contributed by atoms with Crippen molar-refractivity contribution in [3.63, 3.8) is 0 Å². The molecular formula is C23H18ClN3O7. The number of carbonyl (C=O) groups is 2. The van der Waals surface area contributed by atoms with Crippen LogP contribution >= 0.6 is 11.6 Å². The number of methoxy groups -OCH3 is 2. The van der Waals surface area contributed by atoms with E-state index in [0.29, 0.717) is 15.9 Å². The van der Waals surface area contributed by atoms with Gasteiger partial charge in [-0.3, -0.25) is 9.59 Å². The zero-order valence-corrected chi connectivity index (χ0v) is 18.8. The third-order valence-corrected chi connectivity index (χ3v) is 5.03. The number of carbonyl (C=O) groups excluding carboxylic acids is 2. The summed E-state index contributed by atoms with van der Waals surface area (Å²) in [6.45, 7) is -0.337. The van der Waals surface area contributed by atoms with Gasteiger partial charge in [0, 0.05) is 17.2 Å². The number of rotatable bonds is 7. The molecule has 0 atom stereocenters. The predicted molar refractivity (Wildman–Crippen MR) is 123 cm³/mol. The smallest absolute Gasteiger partial charge is 0.340 e. The summed E-state index contributed by atoms with van der Waals surface area (Å²) in [5.41, 5.74) is 0.0598. The van der Waals surface area contributed by atoms with Crippen LogP contribution in [0, 0.1) is 0 Å². The van der Waals surface area contributed by atoms with Gasteiger partial charge in [-0.05, 0) is 30.3 Å². The predicted octanol–water partition coefficient (Wildman–Crippen LogP) is 3.80. The fraction of sp³-hybridized carbons (Fsp3) is 0.130. The van der Waals surface area contributed by atoms with Gasteiger partial charge in [0.25, 0.3) is 11.5 Å². The fourth-order valence-corrected chi connectivity index (χ4v) is 3.35. The number of halogens is 1. The lowest BCUT2D eigenvalue weighted by molar-refractivity contribution is 0.0463. The number of fused-ring (bicyclic) bond motifs is 1. The van der Waals surface area contributed by atoms with E-state index in [9.17, 15) is 14.4 Å². The number of amides is 1. The number of aromatic nitrogens is 2. The van der Waals surface area contributed by atoms with Gasteiger partial charge in [-0.25, -0.2) is 9.78 Å². The first kappa shape index (κ1) is 22.9. The minimum atomic E-state index is -0.801. The van der Waals surface area contributed by atoms with Crippen molar-refractivity contribution in [3.8, 4) is 11.5 Å². The van der Waals surface area contributed by atoms with Crippen LogP contribution in [0.3, 0.4) is 0 Å². The topological polar surface area (TPSA) is 133 Å². The number of hydrogen-bond acceptors (Lipinski definition) is 8. The Kier molecular flexibility index (Phi) is 6.51. The Morgan fingerprint density at radius 2 is 1.88 bits per heavy atom. The van der Waals surface area contributed by atoms with E-state index in [1.54, 1.807) is 18.2 Å². The first-order chi connectivity index (χ1) is 16.4. The molecule has 0 fully saturated rings. The monoisotopic (exact) mass is 483 g/mol. The lowest BCUT2D eigenvalue weighted by atomic mass is 10.1. The Hall–Kier alpha value is -4.31. The third kappa shape index (κ3) is 4.71. The molecule has 0 saturated carbocycles. The molecule has 0 bridgehead atoms. The molecule has 174 valence electrons. The standard InChI is InChI=1S/C23H18ClN3O7/c1-31-18-9-14(16(10-19(18)32-2)26-22(29)17-4-3-7-33-17)23(30)34-11-20-25-15-8-12(24)5-6-13(15)21(28)27-20/h3-10H,11H2,1-2H3,(H,26,29)(H,25,27,28). The number of aromatic amines is 1.